The molecule has 0 fully saturated rings. The van der Waals surface area contributed by atoms with Crippen molar-refractivity contribution in [2.75, 3.05) is 0 Å². The molecule has 102 valence electrons. The summed E-state index contributed by atoms with van der Waals surface area (Å²) in [6, 6.07) is 9.95. The topological polar surface area (TPSA) is 89.1 Å². The molecule has 2 rings (SSSR count). The predicted molar refractivity (Wildman–Crippen MR) is 75.8 cm³/mol. The Labute approximate surface area is 116 Å². The molecule has 1 heterocycles. The first-order chi connectivity index (χ1) is 9.61. The van der Waals surface area contributed by atoms with Gasteiger partial charge in [0.15, 0.2) is 5.82 Å². The molecule has 0 amide bonds. The van der Waals surface area contributed by atoms with Crippen molar-refractivity contribution in [1.29, 1.82) is 0 Å². The first kappa shape index (κ1) is 13.7. The standard InChI is InChI=1S/C15H15N3O2/c1-10-12(7-11-5-3-2-4-6-11)9-17-14(18-10)13(8-16)15(19)20/h2-6,8-9H,7,16H2,1H3,(H,19,20). The monoisotopic (exact) mass is 269 g/mol. The molecule has 0 aliphatic rings. The fourth-order valence-electron chi connectivity index (χ4n) is 1.85. The van der Waals surface area contributed by atoms with Gasteiger partial charge in [0.05, 0.1) is 0 Å². The molecule has 0 atom stereocenters. The summed E-state index contributed by atoms with van der Waals surface area (Å²) in [6.45, 7) is 1.83. The molecule has 5 heteroatoms. The highest BCUT2D eigenvalue weighted by Crippen LogP contribution is 2.14. The number of hydrogen-bond donors (Lipinski definition) is 2. The minimum absolute atomic E-state index is 0.0978. The number of hydrogen-bond acceptors (Lipinski definition) is 4. The van der Waals surface area contributed by atoms with Gasteiger partial charge in [-0.1, -0.05) is 30.3 Å². The fourth-order valence-corrected chi connectivity index (χ4v) is 1.85. The molecule has 5 nitrogen and oxygen atoms in total. The van der Waals surface area contributed by atoms with Gasteiger partial charge in [-0.15, -0.1) is 0 Å². The van der Waals surface area contributed by atoms with Crippen molar-refractivity contribution in [2.45, 2.75) is 13.3 Å². The SMILES string of the molecule is Cc1nc(C(=CN)C(=O)O)ncc1Cc1ccccc1. The molecule has 1 aromatic carbocycles. The van der Waals surface area contributed by atoms with E-state index in [0.29, 0.717) is 6.42 Å². The first-order valence-electron chi connectivity index (χ1n) is 6.14. The van der Waals surface area contributed by atoms with E-state index in [0.717, 1.165) is 23.0 Å². The van der Waals surface area contributed by atoms with Crippen LogP contribution in [0.1, 0.15) is 22.6 Å². The maximum absolute atomic E-state index is 11.0. The molecule has 1 aromatic heterocycles. The zero-order valence-corrected chi connectivity index (χ0v) is 11.1. The second-order valence-corrected chi connectivity index (χ2v) is 4.35. The summed E-state index contributed by atoms with van der Waals surface area (Å²) in [4.78, 5) is 19.3. The Hall–Kier alpha value is -2.69. The van der Waals surface area contributed by atoms with Crippen molar-refractivity contribution in [3.8, 4) is 0 Å². The van der Waals surface area contributed by atoms with Crippen LogP contribution in [0.5, 0.6) is 0 Å². The van der Waals surface area contributed by atoms with Gasteiger partial charge in [0.25, 0.3) is 0 Å². The molecule has 0 saturated heterocycles. The van der Waals surface area contributed by atoms with Crippen molar-refractivity contribution in [3.05, 3.63) is 65.4 Å². The summed E-state index contributed by atoms with van der Waals surface area (Å²) >= 11 is 0. The van der Waals surface area contributed by atoms with Crippen LogP contribution in [0.4, 0.5) is 0 Å². The van der Waals surface area contributed by atoms with E-state index in [1.807, 2.05) is 37.3 Å². The van der Waals surface area contributed by atoms with E-state index in [9.17, 15) is 4.79 Å². The number of carbonyl (C=O) groups is 1. The largest absolute Gasteiger partial charge is 0.477 e. The molecule has 0 saturated carbocycles. The van der Waals surface area contributed by atoms with E-state index < -0.39 is 5.97 Å². The van der Waals surface area contributed by atoms with Gasteiger partial charge in [0, 0.05) is 24.5 Å². The average molecular weight is 269 g/mol. The number of aliphatic carboxylic acids is 1. The number of carboxylic acids is 1. The van der Waals surface area contributed by atoms with E-state index in [4.69, 9.17) is 10.8 Å². The third-order valence-electron chi connectivity index (χ3n) is 2.96. The third-order valence-corrected chi connectivity index (χ3v) is 2.96. The molecule has 0 radical (unpaired) electrons. The Balaban J connectivity index is 2.29. The maximum Gasteiger partial charge on any atom is 0.341 e. The summed E-state index contributed by atoms with van der Waals surface area (Å²) in [5.74, 6) is -1.00. The van der Waals surface area contributed by atoms with Gasteiger partial charge in [0.1, 0.15) is 5.57 Å². The lowest BCUT2D eigenvalue weighted by atomic mass is 10.1. The number of nitrogens with two attached hydrogens (primary N) is 1. The Kier molecular flexibility index (Phi) is 4.10. The molecule has 0 unspecified atom stereocenters. The Bertz CT molecular complexity index is 651. The van der Waals surface area contributed by atoms with Crippen molar-refractivity contribution < 1.29 is 9.90 Å². The third kappa shape index (κ3) is 3.00. The summed E-state index contributed by atoms with van der Waals surface area (Å²) < 4.78 is 0. The first-order valence-corrected chi connectivity index (χ1v) is 6.14. The maximum atomic E-state index is 11.0. The quantitative estimate of drug-likeness (QED) is 0.825. The molecular formula is C15H15N3O2. The molecule has 0 aliphatic carbocycles. The summed E-state index contributed by atoms with van der Waals surface area (Å²) in [5, 5.41) is 8.99. The Morgan fingerprint density at radius 3 is 2.60 bits per heavy atom. The highest BCUT2D eigenvalue weighted by Gasteiger charge is 2.14. The van der Waals surface area contributed by atoms with Crippen LogP contribution in [-0.4, -0.2) is 21.0 Å². The van der Waals surface area contributed by atoms with Gasteiger partial charge in [-0.3, -0.25) is 0 Å². The minimum Gasteiger partial charge on any atom is -0.477 e. The van der Waals surface area contributed by atoms with Crippen molar-refractivity contribution in [1.82, 2.24) is 9.97 Å². The van der Waals surface area contributed by atoms with E-state index >= 15 is 0 Å². The van der Waals surface area contributed by atoms with E-state index in [-0.39, 0.29) is 11.4 Å². The van der Waals surface area contributed by atoms with Gasteiger partial charge in [-0.2, -0.15) is 0 Å². The number of aromatic nitrogens is 2. The summed E-state index contributed by atoms with van der Waals surface area (Å²) in [6.07, 6.45) is 3.37. The van der Waals surface area contributed by atoms with E-state index in [1.54, 1.807) is 6.20 Å². The number of aryl methyl sites for hydroxylation is 1. The minimum atomic E-state index is -1.14. The predicted octanol–water partition coefficient (Wildman–Crippen LogP) is 1.76. The number of carboxylic acid groups (broad SMARTS) is 1. The molecule has 0 aliphatic heterocycles. The molecule has 20 heavy (non-hydrogen) atoms. The van der Waals surface area contributed by atoms with Crippen LogP contribution in [0.2, 0.25) is 0 Å². The summed E-state index contributed by atoms with van der Waals surface area (Å²) in [5.41, 5.74) is 8.06. The normalized spacial score (nSPS) is 11.3. The lowest BCUT2D eigenvalue weighted by molar-refractivity contribution is -0.130. The smallest absolute Gasteiger partial charge is 0.341 e. The molecule has 3 N–H and O–H groups in total. The average Bonchev–Trinajstić information content (AvgIpc) is 2.43. The molecule has 0 bridgehead atoms. The lowest BCUT2D eigenvalue weighted by Gasteiger charge is -2.07. The van der Waals surface area contributed by atoms with Crippen molar-refractivity contribution >= 4 is 11.5 Å². The van der Waals surface area contributed by atoms with Gasteiger partial charge < -0.3 is 10.8 Å². The zero-order valence-electron chi connectivity index (χ0n) is 11.1. The van der Waals surface area contributed by atoms with Crippen LogP contribution in [0.3, 0.4) is 0 Å². The van der Waals surface area contributed by atoms with Crippen LogP contribution in [-0.2, 0) is 11.2 Å². The highest BCUT2D eigenvalue weighted by molar-refractivity contribution is 6.13. The summed E-state index contributed by atoms with van der Waals surface area (Å²) in [7, 11) is 0. The van der Waals surface area contributed by atoms with Gasteiger partial charge in [0.2, 0.25) is 0 Å². The second-order valence-electron chi connectivity index (χ2n) is 4.35. The van der Waals surface area contributed by atoms with Crippen LogP contribution in [0.15, 0.2) is 42.7 Å². The van der Waals surface area contributed by atoms with Gasteiger partial charge in [-0.05, 0) is 18.1 Å². The van der Waals surface area contributed by atoms with Crippen LogP contribution >= 0.6 is 0 Å². The van der Waals surface area contributed by atoms with Crippen LogP contribution in [0, 0.1) is 6.92 Å². The van der Waals surface area contributed by atoms with Crippen molar-refractivity contribution in [2.24, 2.45) is 5.73 Å². The Morgan fingerprint density at radius 1 is 1.35 bits per heavy atom. The van der Waals surface area contributed by atoms with Gasteiger partial charge >= 0.3 is 5.97 Å². The van der Waals surface area contributed by atoms with Crippen molar-refractivity contribution in [3.63, 3.8) is 0 Å². The molecule has 0 spiro atoms. The fraction of sp³-hybridized carbons (Fsp3) is 0.133. The zero-order chi connectivity index (χ0) is 14.5. The van der Waals surface area contributed by atoms with Crippen LogP contribution < -0.4 is 5.73 Å². The Morgan fingerprint density at radius 2 is 2.05 bits per heavy atom. The number of nitrogens with zero attached hydrogens (tertiary/aromatic N) is 2. The highest BCUT2D eigenvalue weighted by atomic mass is 16.4. The number of benzene rings is 1. The van der Waals surface area contributed by atoms with E-state index in [1.165, 1.54) is 0 Å². The second kappa shape index (κ2) is 5.97. The van der Waals surface area contributed by atoms with Crippen LogP contribution in [0.25, 0.3) is 5.57 Å². The van der Waals surface area contributed by atoms with E-state index in [2.05, 4.69) is 9.97 Å². The van der Waals surface area contributed by atoms with Gasteiger partial charge in [-0.25, -0.2) is 14.8 Å². The molecule has 2 aromatic rings. The molecular weight excluding hydrogens is 254 g/mol. The lowest BCUT2D eigenvalue weighted by Crippen LogP contribution is -2.08. The number of rotatable bonds is 4.